The second-order valence-electron chi connectivity index (χ2n) is 4.39. The zero-order valence-electron chi connectivity index (χ0n) is 10.6. The van der Waals surface area contributed by atoms with Gasteiger partial charge in [0.15, 0.2) is 5.65 Å². The van der Waals surface area contributed by atoms with Gasteiger partial charge < -0.3 is 10.4 Å². The summed E-state index contributed by atoms with van der Waals surface area (Å²) in [5.41, 5.74) is 2.72. The van der Waals surface area contributed by atoms with Crippen molar-refractivity contribution in [3.8, 4) is 0 Å². The molecule has 96 valence electrons. The van der Waals surface area contributed by atoms with Crippen LogP contribution >= 0.6 is 0 Å². The average molecular weight is 248 g/mol. The Morgan fingerprint density at radius 3 is 2.94 bits per heavy atom. The zero-order chi connectivity index (χ0) is 13.3. The highest BCUT2D eigenvalue weighted by Gasteiger charge is 2.16. The van der Waals surface area contributed by atoms with E-state index < -0.39 is 0 Å². The third-order valence-corrected chi connectivity index (χ3v) is 2.67. The summed E-state index contributed by atoms with van der Waals surface area (Å²) in [5.74, 6) is -0.274. The smallest absolute Gasteiger partial charge is 0.257 e. The molecular weight excluding hydrogens is 232 g/mol. The van der Waals surface area contributed by atoms with Gasteiger partial charge in [-0.15, -0.1) is 0 Å². The van der Waals surface area contributed by atoms with Crippen LogP contribution in [0.15, 0.2) is 12.3 Å². The van der Waals surface area contributed by atoms with Crippen molar-refractivity contribution >= 4 is 11.6 Å². The maximum Gasteiger partial charge on any atom is 0.257 e. The molecule has 18 heavy (non-hydrogen) atoms. The summed E-state index contributed by atoms with van der Waals surface area (Å²) in [7, 11) is 0. The third-order valence-electron chi connectivity index (χ3n) is 2.67. The van der Waals surface area contributed by atoms with Gasteiger partial charge in [-0.1, -0.05) is 0 Å². The highest BCUT2D eigenvalue weighted by Crippen LogP contribution is 2.11. The molecule has 2 N–H and O–H groups in total. The molecule has 0 spiro atoms. The Bertz CT molecular complexity index is 591. The zero-order valence-corrected chi connectivity index (χ0v) is 10.6. The molecule has 2 aromatic heterocycles. The van der Waals surface area contributed by atoms with E-state index in [0.717, 1.165) is 11.4 Å². The number of carbonyl (C=O) groups excluding carboxylic acids is 1. The topological polar surface area (TPSA) is 79.5 Å². The number of amides is 1. The first-order valence-electron chi connectivity index (χ1n) is 5.76. The predicted molar refractivity (Wildman–Crippen MR) is 66.5 cm³/mol. The maximum atomic E-state index is 12.0. The Balaban J connectivity index is 2.43. The van der Waals surface area contributed by atoms with E-state index in [0.29, 0.717) is 11.2 Å². The molecule has 0 bridgehead atoms. The summed E-state index contributed by atoms with van der Waals surface area (Å²) in [4.78, 5) is 16.3. The van der Waals surface area contributed by atoms with E-state index in [4.69, 9.17) is 5.11 Å². The highest BCUT2D eigenvalue weighted by molar-refractivity contribution is 5.99. The number of aliphatic hydroxyl groups is 1. The van der Waals surface area contributed by atoms with Crippen molar-refractivity contribution in [1.82, 2.24) is 19.9 Å². The number of hydrogen-bond acceptors (Lipinski definition) is 4. The van der Waals surface area contributed by atoms with Crippen LogP contribution < -0.4 is 5.32 Å². The van der Waals surface area contributed by atoms with Gasteiger partial charge in [-0.2, -0.15) is 5.10 Å². The number of aromatic nitrogens is 3. The van der Waals surface area contributed by atoms with Crippen molar-refractivity contribution in [3.63, 3.8) is 0 Å². The lowest BCUT2D eigenvalue weighted by Gasteiger charge is -2.09. The van der Waals surface area contributed by atoms with E-state index >= 15 is 0 Å². The first-order chi connectivity index (χ1) is 8.52. The van der Waals surface area contributed by atoms with Crippen LogP contribution in [-0.2, 0) is 0 Å². The van der Waals surface area contributed by atoms with Crippen LogP contribution in [0, 0.1) is 13.8 Å². The van der Waals surface area contributed by atoms with Crippen LogP contribution in [0.5, 0.6) is 0 Å². The predicted octanol–water partition coefficient (Wildman–Crippen LogP) is 0.457. The quantitative estimate of drug-likeness (QED) is 0.827. The summed E-state index contributed by atoms with van der Waals surface area (Å²) in [6, 6.07) is 1.61. The van der Waals surface area contributed by atoms with Crippen molar-refractivity contribution in [3.05, 3.63) is 29.2 Å². The Hall–Kier alpha value is -1.95. The molecule has 0 aliphatic carbocycles. The van der Waals surface area contributed by atoms with E-state index in [2.05, 4.69) is 15.4 Å². The fourth-order valence-corrected chi connectivity index (χ4v) is 1.78. The van der Waals surface area contributed by atoms with Crippen LogP contribution in [-0.4, -0.2) is 38.3 Å². The molecule has 2 aromatic rings. The maximum absolute atomic E-state index is 12.0. The van der Waals surface area contributed by atoms with Gasteiger partial charge >= 0.3 is 0 Å². The molecule has 0 aromatic carbocycles. The van der Waals surface area contributed by atoms with Crippen LogP contribution in [0.2, 0.25) is 0 Å². The minimum Gasteiger partial charge on any atom is -0.394 e. The van der Waals surface area contributed by atoms with Gasteiger partial charge in [-0.05, 0) is 26.8 Å². The lowest BCUT2D eigenvalue weighted by molar-refractivity contribution is 0.0924. The SMILES string of the molecule is Cc1cc(C)n2ncc(C(=O)N[C@@H](C)CO)c2n1. The molecule has 0 aliphatic heterocycles. The first kappa shape index (κ1) is 12.5. The molecule has 2 rings (SSSR count). The van der Waals surface area contributed by atoms with Crippen LogP contribution in [0.3, 0.4) is 0 Å². The van der Waals surface area contributed by atoms with Crippen molar-refractivity contribution in [2.24, 2.45) is 0 Å². The van der Waals surface area contributed by atoms with E-state index in [1.807, 2.05) is 19.9 Å². The number of carbonyl (C=O) groups is 1. The molecule has 0 saturated heterocycles. The van der Waals surface area contributed by atoms with Crippen LogP contribution in [0.25, 0.3) is 5.65 Å². The summed E-state index contributed by atoms with van der Waals surface area (Å²) in [6.07, 6.45) is 1.49. The van der Waals surface area contributed by atoms with Gasteiger partial charge in [0, 0.05) is 17.4 Å². The average Bonchev–Trinajstić information content (AvgIpc) is 2.72. The molecule has 0 aliphatic rings. The van der Waals surface area contributed by atoms with Crippen LogP contribution in [0.4, 0.5) is 0 Å². The normalized spacial score (nSPS) is 12.7. The van der Waals surface area contributed by atoms with Crippen molar-refractivity contribution in [2.75, 3.05) is 6.61 Å². The molecule has 6 nitrogen and oxygen atoms in total. The number of nitrogens with one attached hydrogen (secondary N) is 1. The lowest BCUT2D eigenvalue weighted by atomic mass is 10.2. The molecule has 0 radical (unpaired) electrons. The van der Waals surface area contributed by atoms with Crippen molar-refractivity contribution in [1.29, 1.82) is 0 Å². The largest absolute Gasteiger partial charge is 0.394 e. The van der Waals surface area contributed by atoms with E-state index in [1.165, 1.54) is 6.20 Å². The van der Waals surface area contributed by atoms with E-state index in [9.17, 15) is 4.79 Å². The number of hydrogen-bond donors (Lipinski definition) is 2. The second kappa shape index (κ2) is 4.73. The van der Waals surface area contributed by atoms with Gasteiger partial charge in [0.25, 0.3) is 5.91 Å². The van der Waals surface area contributed by atoms with E-state index in [1.54, 1.807) is 11.4 Å². The Kier molecular flexibility index (Phi) is 3.29. The van der Waals surface area contributed by atoms with Crippen molar-refractivity contribution in [2.45, 2.75) is 26.8 Å². The van der Waals surface area contributed by atoms with E-state index in [-0.39, 0.29) is 18.6 Å². The molecule has 0 fully saturated rings. The molecule has 2 heterocycles. The molecule has 6 heteroatoms. The lowest BCUT2D eigenvalue weighted by Crippen LogP contribution is -2.35. The summed E-state index contributed by atoms with van der Waals surface area (Å²) >= 11 is 0. The number of fused-ring (bicyclic) bond motifs is 1. The number of rotatable bonds is 3. The minimum atomic E-state index is -0.293. The Morgan fingerprint density at radius 1 is 1.56 bits per heavy atom. The number of nitrogens with zero attached hydrogens (tertiary/aromatic N) is 3. The molecule has 0 saturated carbocycles. The number of aryl methyl sites for hydroxylation is 2. The molecule has 1 atom stereocenters. The first-order valence-corrected chi connectivity index (χ1v) is 5.76. The standard InChI is InChI=1S/C12H16N4O2/c1-7-4-9(3)16-11(14-7)10(5-13-16)12(18)15-8(2)6-17/h4-5,8,17H,6H2,1-3H3,(H,15,18)/t8-/m0/s1. The third kappa shape index (κ3) is 2.19. The fraction of sp³-hybridized carbons (Fsp3) is 0.417. The highest BCUT2D eigenvalue weighted by atomic mass is 16.3. The molecular formula is C12H16N4O2. The van der Waals surface area contributed by atoms with Gasteiger partial charge in [0.1, 0.15) is 5.56 Å². The summed E-state index contributed by atoms with van der Waals surface area (Å²) < 4.78 is 1.63. The van der Waals surface area contributed by atoms with Gasteiger partial charge in [-0.25, -0.2) is 9.50 Å². The number of aliphatic hydroxyl groups excluding tert-OH is 1. The fourth-order valence-electron chi connectivity index (χ4n) is 1.78. The molecule has 1 amide bonds. The van der Waals surface area contributed by atoms with Gasteiger partial charge in [-0.3, -0.25) is 4.79 Å². The molecule has 0 unspecified atom stereocenters. The van der Waals surface area contributed by atoms with Gasteiger partial charge in [0.2, 0.25) is 0 Å². The minimum absolute atomic E-state index is 0.101. The van der Waals surface area contributed by atoms with Gasteiger partial charge in [0.05, 0.1) is 12.8 Å². The second-order valence-corrected chi connectivity index (χ2v) is 4.39. The summed E-state index contributed by atoms with van der Waals surface area (Å²) in [6.45, 7) is 5.41. The Labute approximate surface area is 105 Å². The van der Waals surface area contributed by atoms with Crippen LogP contribution in [0.1, 0.15) is 28.7 Å². The van der Waals surface area contributed by atoms with Crippen molar-refractivity contribution < 1.29 is 9.90 Å². The summed E-state index contributed by atoms with van der Waals surface area (Å²) in [5, 5.41) is 15.8. The Morgan fingerprint density at radius 2 is 2.28 bits per heavy atom. The monoisotopic (exact) mass is 248 g/mol.